The summed E-state index contributed by atoms with van der Waals surface area (Å²) in [6.45, 7) is 4.22. The standard InChI is InChI=1S/C18H22O/c1-3-4-13-18(19,16-10-6-5-7-11-16)17-12-8-9-15(2)14-17/h5-12,14,19H,3-4,13H2,1-2H3. The SMILES string of the molecule is CCCCC(O)(c1ccccc1)c1cccc(C)c1. The Morgan fingerprint density at radius 3 is 2.26 bits per heavy atom. The van der Waals surface area contributed by atoms with Crippen molar-refractivity contribution in [3.63, 3.8) is 0 Å². The van der Waals surface area contributed by atoms with Crippen molar-refractivity contribution in [1.82, 2.24) is 0 Å². The van der Waals surface area contributed by atoms with Gasteiger partial charge in [0.15, 0.2) is 0 Å². The Balaban J connectivity index is 2.45. The molecule has 0 saturated carbocycles. The Bertz CT molecular complexity index is 518. The first-order valence-electron chi connectivity index (χ1n) is 7.02. The zero-order chi connectivity index (χ0) is 13.7. The summed E-state index contributed by atoms with van der Waals surface area (Å²) in [7, 11) is 0. The molecule has 1 heteroatoms. The molecule has 2 rings (SSSR count). The molecule has 0 aliphatic rings. The van der Waals surface area contributed by atoms with E-state index >= 15 is 0 Å². The molecular weight excluding hydrogens is 232 g/mol. The van der Waals surface area contributed by atoms with E-state index < -0.39 is 5.60 Å². The van der Waals surface area contributed by atoms with Crippen LogP contribution in [0.15, 0.2) is 54.6 Å². The summed E-state index contributed by atoms with van der Waals surface area (Å²) in [6, 6.07) is 18.2. The Morgan fingerprint density at radius 2 is 1.63 bits per heavy atom. The fourth-order valence-electron chi connectivity index (χ4n) is 2.50. The number of unbranched alkanes of at least 4 members (excludes halogenated alkanes) is 1. The molecule has 0 fully saturated rings. The largest absolute Gasteiger partial charge is 0.380 e. The van der Waals surface area contributed by atoms with Crippen molar-refractivity contribution in [2.75, 3.05) is 0 Å². The van der Waals surface area contributed by atoms with E-state index in [1.165, 1.54) is 5.56 Å². The normalized spacial score (nSPS) is 14.1. The summed E-state index contributed by atoms with van der Waals surface area (Å²) in [6.07, 6.45) is 2.86. The van der Waals surface area contributed by atoms with Gasteiger partial charge in [-0.25, -0.2) is 0 Å². The molecule has 100 valence electrons. The van der Waals surface area contributed by atoms with Gasteiger partial charge in [-0.3, -0.25) is 0 Å². The van der Waals surface area contributed by atoms with Crippen LogP contribution in [-0.4, -0.2) is 5.11 Å². The number of rotatable bonds is 5. The predicted octanol–water partition coefficient (Wildman–Crippen LogP) is 4.42. The second kappa shape index (κ2) is 6.03. The van der Waals surface area contributed by atoms with E-state index in [0.29, 0.717) is 0 Å². The molecule has 0 bridgehead atoms. The highest BCUT2D eigenvalue weighted by Crippen LogP contribution is 2.34. The van der Waals surface area contributed by atoms with Gasteiger partial charge in [0.2, 0.25) is 0 Å². The predicted molar refractivity (Wildman–Crippen MR) is 80.1 cm³/mol. The lowest BCUT2D eigenvalue weighted by Gasteiger charge is -2.29. The van der Waals surface area contributed by atoms with Gasteiger partial charge < -0.3 is 5.11 Å². The zero-order valence-electron chi connectivity index (χ0n) is 11.8. The fourth-order valence-corrected chi connectivity index (χ4v) is 2.50. The van der Waals surface area contributed by atoms with Crippen molar-refractivity contribution >= 4 is 0 Å². The monoisotopic (exact) mass is 254 g/mol. The minimum atomic E-state index is -0.872. The maximum Gasteiger partial charge on any atom is 0.115 e. The van der Waals surface area contributed by atoms with Crippen LogP contribution in [0.2, 0.25) is 0 Å². The minimum absolute atomic E-state index is 0.761. The van der Waals surface area contributed by atoms with Gasteiger partial charge in [0.1, 0.15) is 5.60 Å². The first-order valence-corrected chi connectivity index (χ1v) is 7.02. The van der Waals surface area contributed by atoms with Crippen LogP contribution in [0.25, 0.3) is 0 Å². The van der Waals surface area contributed by atoms with E-state index in [9.17, 15) is 5.11 Å². The maximum atomic E-state index is 11.2. The van der Waals surface area contributed by atoms with Crippen molar-refractivity contribution in [3.05, 3.63) is 71.3 Å². The summed E-state index contributed by atoms with van der Waals surface area (Å²) in [5.74, 6) is 0. The van der Waals surface area contributed by atoms with Gasteiger partial charge in [-0.1, -0.05) is 79.9 Å². The van der Waals surface area contributed by atoms with E-state index in [1.807, 2.05) is 42.5 Å². The van der Waals surface area contributed by atoms with E-state index in [4.69, 9.17) is 0 Å². The van der Waals surface area contributed by atoms with Crippen LogP contribution in [0.3, 0.4) is 0 Å². The van der Waals surface area contributed by atoms with Crippen LogP contribution in [0.4, 0.5) is 0 Å². The van der Waals surface area contributed by atoms with Gasteiger partial charge >= 0.3 is 0 Å². The molecule has 2 aromatic rings. The van der Waals surface area contributed by atoms with Gasteiger partial charge in [0.05, 0.1) is 0 Å². The van der Waals surface area contributed by atoms with Crippen LogP contribution < -0.4 is 0 Å². The smallest absolute Gasteiger partial charge is 0.115 e. The Hall–Kier alpha value is -1.60. The van der Waals surface area contributed by atoms with Crippen LogP contribution >= 0.6 is 0 Å². The first-order chi connectivity index (χ1) is 9.16. The molecule has 0 aliphatic carbocycles. The fraction of sp³-hybridized carbons (Fsp3) is 0.333. The number of hydrogen-bond acceptors (Lipinski definition) is 1. The maximum absolute atomic E-state index is 11.2. The molecule has 0 aliphatic heterocycles. The molecule has 0 radical (unpaired) electrons. The first kappa shape index (κ1) is 13.8. The molecular formula is C18H22O. The second-order valence-electron chi connectivity index (χ2n) is 5.20. The third kappa shape index (κ3) is 3.05. The van der Waals surface area contributed by atoms with Crippen LogP contribution in [0.5, 0.6) is 0 Å². The van der Waals surface area contributed by atoms with Gasteiger partial charge in [-0.05, 0) is 24.5 Å². The summed E-state index contributed by atoms with van der Waals surface area (Å²) < 4.78 is 0. The number of aryl methyl sites for hydroxylation is 1. The van der Waals surface area contributed by atoms with E-state index in [-0.39, 0.29) is 0 Å². The van der Waals surface area contributed by atoms with Crippen molar-refractivity contribution in [1.29, 1.82) is 0 Å². The average molecular weight is 254 g/mol. The van der Waals surface area contributed by atoms with Gasteiger partial charge in [-0.2, -0.15) is 0 Å². The number of aliphatic hydroxyl groups is 1. The van der Waals surface area contributed by atoms with Crippen molar-refractivity contribution in [2.24, 2.45) is 0 Å². The highest BCUT2D eigenvalue weighted by molar-refractivity contribution is 5.37. The molecule has 2 aromatic carbocycles. The van der Waals surface area contributed by atoms with Crippen molar-refractivity contribution in [3.8, 4) is 0 Å². The number of benzene rings is 2. The Kier molecular flexibility index (Phi) is 4.39. The summed E-state index contributed by atoms with van der Waals surface area (Å²) in [5.41, 5.74) is 2.29. The molecule has 0 amide bonds. The molecule has 1 N–H and O–H groups in total. The van der Waals surface area contributed by atoms with Gasteiger partial charge in [0, 0.05) is 0 Å². The summed E-state index contributed by atoms with van der Waals surface area (Å²) in [5, 5.41) is 11.2. The minimum Gasteiger partial charge on any atom is -0.380 e. The quantitative estimate of drug-likeness (QED) is 0.837. The van der Waals surface area contributed by atoms with Crippen molar-refractivity contribution in [2.45, 2.75) is 38.7 Å². The summed E-state index contributed by atoms with van der Waals surface area (Å²) in [4.78, 5) is 0. The average Bonchev–Trinajstić information content (AvgIpc) is 2.45. The van der Waals surface area contributed by atoms with Crippen molar-refractivity contribution < 1.29 is 5.11 Å². The highest BCUT2D eigenvalue weighted by Gasteiger charge is 2.30. The molecule has 0 heterocycles. The molecule has 0 aromatic heterocycles. The number of hydrogen-bond donors (Lipinski definition) is 1. The lowest BCUT2D eigenvalue weighted by Crippen LogP contribution is -2.27. The van der Waals surface area contributed by atoms with Crippen LogP contribution in [0.1, 0.15) is 42.9 Å². The Morgan fingerprint density at radius 1 is 0.947 bits per heavy atom. The lowest BCUT2D eigenvalue weighted by atomic mass is 9.82. The molecule has 1 nitrogen and oxygen atoms in total. The molecule has 0 spiro atoms. The lowest BCUT2D eigenvalue weighted by molar-refractivity contribution is 0.0684. The van der Waals surface area contributed by atoms with E-state index in [1.54, 1.807) is 0 Å². The topological polar surface area (TPSA) is 20.2 Å². The molecule has 1 atom stereocenters. The van der Waals surface area contributed by atoms with E-state index in [2.05, 4.69) is 26.0 Å². The van der Waals surface area contributed by atoms with Crippen LogP contribution in [0, 0.1) is 6.92 Å². The third-order valence-electron chi connectivity index (χ3n) is 3.64. The second-order valence-corrected chi connectivity index (χ2v) is 5.20. The third-order valence-corrected chi connectivity index (χ3v) is 3.64. The molecule has 19 heavy (non-hydrogen) atoms. The zero-order valence-corrected chi connectivity index (χ0v) is 11.8. The Labute approximate surface area is 115 Å². The van der Waals surface area contributed by atoms with E-state index in [0.717, 1.165) is 30.4 Å². The summed E-state index contributed by atoms with van der Waals surface area (Å²) >= 11 is 0. The van der Waals surface area contributed by atoms with Gasteiger partial charge in [-0.15, -0.1) is 0 Å². The van der Waals surface area contributed by atoms with Gasteiger partial charge in [0.25, 0.3) is 0 Å². The van der Waals surface area contributed by atoms with Crippen LogP contribution in [-0.2, 0) is 5.60 Å². The highest BCUT2D eigenvalue weighted by atomic mass is 16.3. The molecule has 1 unspecified atom stereocenters. The molecule has 0 saturated heterocycles.